The minimum Gasteiger partial charge on any atom is -0.440 e. The number of sulfone groups is 1. The first-order chi connectivity index (χ1) is 20.0. The van der Waals surface area contributed by atoms with Crippen LogP contribution in [0.15, 0.2) is 87.1 Å². The zero-order valence-corrected chi connectivity index (χ0v) is 24.2. The maximum Gasteiger partial charge on any atom is 0.446 e. The van der Waals surface area contributed by atoms with Crippen molar-refractivity contribution in [2.45, 2.75) is 35.3 Å². The second-order valence-corrected chi connectivity index (χ2v) is 12.7. The monoisotopic (exact) mass is 637 g/mol. The van der Waals surface area contributed by atoms with E-state index < -0.39 is 27.2 Å². The minimum absolute atomic E-state index is 0.0377. The average Bonchev–Trinajstić information content (AvgIpc) is 3.50. The van der Waals surface area contributed by atoms with E-state index >= 15 is 0 Å². The number of nitrogens with zero attached hydrogens (tertiary/aromatic N) is 3. The molecule has 0 aliphatic rings. The Labute approximate surface area is 246 Å². The van der Waals surface area contributed by atoms with Gasteiger partial charge in [0.05, 0.1) is 10.6 Å². The number of thioether (sulfide) groups is 1. The lowest BCUT2D eigenvalue weighted by Crippen LogP contribution is -2.05. The molecular weight excluding hydrogens is 616 g/mol. The van der Waals surface area contributed by atoms with Crippen LogP contribution < -0.4 is 0 Å². The molecule has 0 aliphatic heterocycles. The molecule has 0 unspecified atom stereocenters. The van der Waals surface area contributed by atoms with Crippen LogP contribution in [0.5, 0.6) is 0 Å². The summed E-state index contributed by atoms with van der Waals surface area (Å²) in [5.74, 6) is 0.418. The summed E-state index contributed by atoms with van der Waals surface area (Å²) in [5, 5.41) is 0. The topological polar surface area (TPSA) is 78.0 Å². The number of alkyl halides is 6. The third-order valence-electron chi connectivity index (χ3n) is 6.36. The fourth-order valence-electron chi connectivity index (χ4n) is 4.49. The second kappa shape index (κ2) is 10.9. The summed E-state index contributed by atoms with van der Waals surface area (Å²) in [6.45, 7) is 2.97. The molecule has 0 bridgehead atoms. The molecule has 0 radical (unpaired) electrons. The maximum absolute atomic E-state index is 13.5. The summed E-state index contributed by atoms with van der Waals surface area (Å²) >= 11 is -0.273. The third kappa shape index (κ3) is 6.64. The van der Waals surface area contributed by atoms with Crippen LogP contribution in [0, 0.1) is 13.8 Å². The zero-order valence-electron chi connectivity index (χ0n) is 22.6. The summed E-state index contributed by atoms with van der Waals surface area (Å²) < 4.78 is 111. The van der Waals surface area contributed by atoms with Crippen molar-refractivity contribution >= 4 is 21.6 Å². The van der Waals surface area contributed by atoms with E-state index in [1.54, 1.807) is 37.3 Å². The molecule has 5 aromatic rings. The van der Waals surface area contributed by atoms with Crippen molar-refractivity contribution < 1.29 is 39.2 Å². The smallest absolute Gasteiger partial charge is 0.440 e. The van der Waals surface area contributed by atoms with Crippen LogP contribution in [-0.2, 0) is 16.0 Å². The Bertz CT molecular complexity index is 1930. The highest BCUT2D eigenvalue weighted by Gasteiger charge is 2.35. The molecule has 0 saturated carbocycles. The molecule has 6 nitrogen and oxygen atoms in total. The number of halogens is 6. The predicted molar refractivity (Wildman–Crippen MR) is 149 cm³/mol. The van der Waals surface area contributed by atoms with Gasteiger partial charge in [0.15, 0.2) is 27.2 Å². The van der Waals surface area contributed by atoms with E-state index in [9.17, 15) is 34.8 Å². The lowest BCUT2D eigenvalue weighted by molar-refractivity contribution is -0.141. The molecule has 0 spiro atoms. The second-order valence-electron chi connectivity index (χ2n) is 9.56. The Kier molecular flexibility index (Phi) is 7.71. The lowest BCUT2D eigenvalue weighted by atomic mass is 9.98. The highest BCUT2D eigenvalue weighted by Crippen LogP contribution is 2.41. The fraction of sp³-hybridized carbons (Fsp3) is 0.172. The number of aryl methyl sites for hydroxylation is 2. The normalized spacial score (nSPS) is 12.6. The molecule has 14 heteroatoms. The van der Waals surface area contributed by atoms with Gasteiger partial charge in [-0.05, 0) is 66.2 Å². The Hall–Kier alpha value is -4.04. The van der Waals surface area contributed by atoms with Crippen molar-refractivity contribution in [2.24, 2.45) is 0 Å². The van der Waals surface area contributed by atoms with Gasteiger partial charge in [-0.15, -0.1) is 0 Å². The van der Waals surface area contributed by atoms with Crippen molar-refractivity contribution in [2.75, 3.05) is 6.26 Å². The van der Waals surface area contributed by atoms with Crippen LogP contribution in [0.4, 0.5) is 26.3 Å². The van der Waals surface area contributed by atoms with Gasteiger partial charge in [-0.1, -0.05) is 30.3 Å². The maximum atomic E-state index is 13.5. The fourth-order valence-corrected chi connectivity index (χ4v) is 5.69. The molecule has 2 aromatic heterocycles. The molecule has 2 heterocycles. The van der Waals surface area contributed by atoms with E-state index in [4.69, 9.17) is 4.42 Å². The van der Waals surface area contributed by atoms with Gasteiger partial charge < -0.3 is 8.98 Å². The summed E-state index contributed by atoms with van der Waals surface area (Å²) in [6, 6.07) is 16.4. The molecule has 224 valence electrons. The molecule has 0 aliphatic carbocycles. The van der Waals surface area contributed by atoms with Gasteiger partial charge >= 0.3 is 11.7 Å². The van der Waals surface area contributed by atoms with E-state index in [1.807, 2.05) is 0 Å². The van der Waals surface area contributed by atoms with Gasteiger partial charge in [-0.25, -0.2) is 18.4 Å². The van der Waals surface area contributed by atoms with E-state index in [0.29, 0.717) is 22.3 Å². The van der Waals surface area contributed by atoms with Crippen LogP contribution in [0.2, 0.25) is 0 Å². The molecule has 0 amide bonds. The number of hydrogen-bond acceptors (Lipinski definition) is 6. The molecule has 43 heavy (non-hydrogen) atoms. The lowest BCUT2D eigenvalue weighted by Gasteiger charge is -2.14. The van der Waals surface area contributed by atoms with E-state index in [-0.39, 0.29) is 50.4 Å². The van der Waals surface area contributed by atoms with E-state index in [0.717, 1.165) is 12.5 Å². The zero-order chi connectivity index (χ0) is 31.3. The van der Waals surface area contributed by atoms with Gasteiger partial charge in [-0.2, -0.15) is 26.3 Å². The van der Waals surface area contributed by atoms with Gasteiger partial charge in [0, 0.05) is 35.4 Å². The Morgan fingerprint density at radius 3 is 2.09 bits per heavy atom. The number of imidazole rings is 1. The Morgan fingerprint density at radius 2 is 1.49 bits per heavy atom. The largest absolute Gasteiger partial charge is 0.446 e. The van der Waals surface area contributed by atoms with Crippen LogP contribution in [0.1, 0.15) is 17.4 Å². The summed E-state index contributed by atoms with van der Waals surface area (Å²) in [4.78, 5) is 8.20. The number of aromatic nitrogens is 3. The Morgan fingerprint density at radius 1 is 0.837 bits per heavy atom. The first-order valence-electron chi connectivity index (χ1n) is 12.4. The highest BCUT2D eigenvalue weighted by molar-refractivity contribution is 8.00. The molecule has 3 aromatic carbocycles. The number of benzene rings is 3. The SMILES string of the molecule is Cc1nc(-c2cc(-c3cccc(S(C)(=O)=O)c3)ccc2-n2cc(C(F)(F)F)nc2C)c(-c2ccc(SC(F)(F)F)cc2)o1. The van der Waals surface area contributed by atoms with Crippen LogP contribution in [-0.4, -0.2) is 34.7 Å². The predicted octanol–water partition coefficient (Wildman–Crippen LogP) is 8.51. The number of rotatable bonds is 6. The molecule has 0 atom stereocenters. The molecular formula is C29H21F6N3O3S2. The third-order valence-corrected chi connectivity index (χ3v) is 8.21. The average molecular weight is 638 g/mol. The van der Waals surface area contributed by atoms with Gasteiger partial charge in [0.1, 0.15) is 11.5 Å². The summed E-state index contributed by atoms with van der Waals surface area (Å²) in [7, 11) is -3.54. The standard InChI is InChI=1S/C29H21F6N3O3S2/c1-16-36-25(28(30,31)32)15-38(16)24-12-9-20(19-5-4-6-22(13-19)43(3,39)40)14-23(24)26-27(41-17(2)37-26)18-7-10-21(11-8-18)42-29(33,34)35/h4-15H,1-3H3. The Balaban J connectivity index is 1.72. The van der Waals surface area contributed by atoms with Crippen molar-refractivity contribution in [3.8, 4) is 39.4 Å². The quantitative estimate of drug-likeness (QED) is 0.137. The van der Waals surface area contributed by atoms with Crippen LogP contribution in [0.3, 0.4) is 0 Å². The van der Waals surface area contributed by atoms with Gasteiger partial charge in [0.2, 0.25) is 0 Å². The number of hydrogen-bond donors (Lipinski definition) is 0. The first-order valence-corrected chi connectivity index (χ1v) is 15.1. The van der Waals surface area contributed by atoms with Crippen molar-refractivity contribution in [1.29, 1.82) is 0 Å². The minimum atomic E-state index is -4.70. The van der Waals surface area contributed by atoms with Gasteiger partial charge in [0.25, 0.3) is 0 Å². The summed E-state index contributed by atoms with van der Waals surface area (Å²) in [5.41, 5.74) is -3.35. The van der Waals surface area contributed by atoms with Gasteiger partial charge in [-0.3, -0.25) is 0 Å². The molecule has 0 saturated heterocycles. The van der Waals surface area contributed by atoms with Crippen molar-refractivity contribution in [3.63, 3.8) is 0 Å². The van der Waals surface area contributed by atoms with E-state index in [2.05, 4.69) is 9.97 Å². The highest BCUT2D eigenvalue weighted by atomic mass is 32.2. The van der Waals surface area contributed by atoms with E-state index in [1.165, 1.54) is 47.9 Å². The first kappa shape index (κ1) is 30.4. The summed E-state index contributed by atoms with van der Waals surface area (Å²) in [6.07, 6.45) is -2.77. The van der Waals surface area contributed by atoms with Crippen molar-refractivity contribution in [1.82, 2.24) is 14.5 Å². The van der Waals surface area contributed by atoms with Crippen LogP contribution in [0.25, 0.3) is 39.4 Å². The van der Waals surface area contributed by atoms with Crippen LogP contribution >= 0.6 is 11.8 Å². The van der Waals surface area contributed by atoms with Crippen molar-refractivity contribution in [3.05, 3.63) is 90.3 Å². The molecule has 0 N–H and O–H groups in total. The molecule has 5 rings (SSSR count). The number of oxazole rings is 1. The molecule has 0 fully saturated rings.